The molecule has 132 valence electrons. The Morgan fingerprint density at radius 2 is 1.79 bits per heavy atom. The number of hydrogen-bond donors (Lipinski definition) is 1. The van der Waals surface area contributed by atoms with E-state index in [1.54, 1.807) is 17.4 Å². The summed E-state index contributed by atoms with van der Waals surface area (Å²) in [5.41, 5.74) is 2.92. The predicted molar refractivity (Wildman–Crippen MR) is 115 cm³/mol. The third-order valence-corrected chi connectivity index (χ3v) is 3.22. The van der Waals surface area contributed by atoms with Gasteiger partial charge in [0, 0.05) is 16.7 Å². The van der Waals surface area contributed by atoms with Crippen molar-refractivity contribution in [2.45, 2.75) is 41.5 Å². The summed E-state index contributed by atoms with van der Waals surface area (Å²) in [5, 5.41) is 6.15. The second-order valence-electron chi connectivity index (χ2n) is 3.85. The quantitative estimate of drug-likeness (QED) is 0.521. The summed E-state index contributed by atoms with van der Waals surface area (Å²) in [6.45, 7) is 19.4. The molecular weight excluding hydrogens is 312 g/mol. The molecule has 2 nitrogen and oxygen atoms in total. The first-order valence-corrected chi connectivity index (χ1v) is 9.26. The molecule has 24 heavy (non-hydrogen) atoms. The molecule has 0 saturated carbocycles. The molecule has 0 radical (unpaired) electrons. The molecule has 1 heterocycles. The van der Waals surface area contributed by atoms with E-state index in [0.29, 0.717) is 0 Å². The summed E-state index contributed by atoms with van der Waals surface area (Å²) in [6.07, 6.45) is 15.4. The number of thiazole rings is 1. The first-order chi connectivity index (χ1) is 11.7. The minimum Gasteiger partial charge on any atom is -0.332 e. The molecule has 0 amide bonds. The fraction of sp³-hybridized carbons (Fsp3) is 0.286. The van der Waals surface area contributed by atoms with Gasteiger partial charge in [0.25, 0.3) is 0 Å². The Morgan fingerprint density at radius 3 is 2.29 bits per heavy atom. The van der Waals surface area contributed by atoms with Crippen LogP contribution in [0.5, 0.6) is 0 Å². The van der Waals surface area contributed by atoms with Crippen molar-refractivity contribution in [3.8, 4) is 0 Å². The van der Waals surface area contributed by atoms with E-state index in [0.717, 1.165) is 22.1 Å². The van der Waals surface area contributed by atoms with E-state index in [-0.39, 0.29) is 0 Å². The van der Waals surface area contributed by atoms with Gasteiger partial charge in [-0.25, -0.2) is 4.98 Å². The average Bonchev–Trinajstić information content (AvgIpc) is 3.11. The van der Waals surface area contributed by atoms with Crippen LogP contribution in [0, 0.1) is 0 Å². The zero-order valence-corrected chi connectivity index (χ0v) is 16.8. The van der Waals surface area contributed by atoms with Crippen molar-refractivity contribution in [3.05, 3.63) is 78.5 Å². The summed E-state index contributed by atoms with van der Waals surface area (Å²) in [7, 11) is 0. The van der Waals surface area contributed by atoms with Crippen LogP contribution >= 0.6 is 11.3 Å². The molecule has 0 aliphatic carbocycles. The Hall–Kier alpha value is -2.13. The minimum absolute atomic E-state index is 0.857. The lowest BCUT2D eigenvalue weighted by atomic mass is 10.2. The monoisotopic (exact) mass is 344 g/mol. The van der Waals surface area contributed by atoms with E-state index in [9.17, 15) is 0 Å². The SMILES string of the molecule is C=C/C=C\C(=C/C)Nc1nc(/C(C=C)=C/C=C\C)cs1.CC.CC. The number of anilines is 1. The van der Waals surface area contributed by atoms with E-state index in [4.69, 9.17) is 0 Å². The molecular formula is C21H32N2S. The number of aromatic nitrogens is 1. The van der Waals surface area contributed by atoms with E-state index in [2.05, 4.69) is 23.5 Å². The Bertz CT molecular complexity index is 572. The van der Waals surface area contributed by atoms with Gasteiger partial charge in [-0.1, -0.05) is 83.4 Å². The Balaban J connectivity index is 0. The first-order valence-electron chi connectivity index (χ1n) is 8.38. The number of nitrogens with zero attached hydrogens (tertiary/aromatic N) is 1. The zero-order chi connectivity index (χ0) is 18.8. The summed E-state index contributed by atoms with van der Waals surface area (Å²) in [6, 6.07) is 0. The highest BCUT2D eigenvalue weighted by Crippen LogP contribution is 2.23. The standard InChI is InChI=1S/C17H20N2S.2C2H6/c1-5-9-11-14(7-3)16-13-20-17(19-16)18-15(8-4)12-10-6-2;2*1-2/h5-13H,2-3H2,1,4H3,(H,18,19);2*1-2H3/b9-5-,12-10-,14-11+,15-8+;;. The molecule has 0 unspecified atom stereocenters. The molecule has 1 rings (SSSR count). The maximum atomic E-state index is 4.56. The minimum atomic E-state index is 0.857. The third-order valence-electron chi connectivity index (χ3n) is 2.46. The molecule has 0 spiro atoms. The molecule has 0 aliphatic heterocycles. The van der Waals surface area contributed by atoms with Gasteiger partial charge in [0.2, 0.25) is 0 Å². The van der Waals surface area contributed by atoms with Crippen LogP contribution in [0.2, 0.25) is 0 Å². The maximum Gasteiger partial charge on any atom is 0.187 e. The summed E-state index contributed by atoms with van der Waals surface area (Å²) >= 11 is 1.57. The molecule has 1 aromatic rings. The average molecular weight is 345 g/mol. The van der Waals surface area contributed by atoms with Gasteiger partial charge in [-0.3, -0.25) is 0 Å². The molecule has 1 aromatic heterocycles. The van der Waals surface area contributed by atoms with E-state index < -0.39 is 0 Å². The van der Waals surface area contributed by atoms with Crippen LogP contribution in [-0.4, -0.2) is 4.98 Å². The highest BCUT2D eigenvalue weighted by molar-refractivity contribution is 7.13. The number of hydrogen-bond acceptors (Lipinski definition) is 3. The lowest BCUT2D eigenvalue weighted by molar-refractivity contribution is 1.32. The van der Waals surface area contributed by atoms with Gasteiger partial charge in [-0.05, 0) is 19.9 Å². The molecule has 0 aromatic carbocycles. The molecule has 1 N–H and O–H groups in total. The summed E-state index contributed by atoms with van der Waals surface area (Å²) in [5.74, 6) is 0. The van der Waals surface area contributed by atoms with Gasteiger partial charge in [0.05, 0.1) is 5.69 Å². The van der Waals surface area contributed by atoms with Crippen LogP contribution in [0.1, 0.15) is 47.2 Å². The van der Waals surface area contributed by atoms with Gasteiger partial charge in [-0.2, -0.15) is 0 Å². The molecule has 0 aliphatic rings. The van der Waals surface area contributed by atoms with Crippen LogP contribution in [0.3, 0.4) is 0 Å². The summed E-state index contributed by atoms with van der Waals surface area (Å²) in [4.78, 5) is 4.56. The lowest BCUT2D eigenvalue weighted by Crippen LogP contribution is -1.96. The van der Waals surface area contributed by atoms with Crippen molar-refractivity contribution in [2.24, 2.45) is 0 Å². The molecule has 0 saturated heterocycles. The maximum absolute atomic E-state index is 4.56. The largest absolute Gasteiger partial charge is 0.332 e. The van der Waals surface area contributed by atoms with E-state index in [1.807, 2.05) is 89.5 Å². The van der Waals surface area contributed by atoms with E-state index in [1.165, 1.54) is 0 Å². The Kier molecular flexibility index (Phi) is 17.3. The van der Waals surface area contributed by atoms with Crippen molar-refractivity contribution >= 4 is 22.0 Å². The first kappa shape index (κ1) is 24.1. The normalized spacial score (nSPS) is 11.4. The van der Waals surface area contributed by atoms with Gasteiger partial charge in [0.1, 0.15) is 0 Å². The van der Waals surface area contributed by atoms with Crippen molar-refractivity contribution in [3.63, 3.8) is 0 Å². The lowest BCUT2D eigenvalue weighted by Gasteiger charge is -2.02. The predicted octanol–water partition coefficient (Wildman–Crippen LogP) is 7.40. The number of rotatable bonds is 7. The van der Waals surface area contributed by atoms with Gasteiger partial charge in [-0.15, -0.1) is 11.3 Å². The van der Waals surface area contributed by atoms with Crippen LogP contribution in [0.15, 0.2) is 72.8 Å². The topological polar surface area (TPSA) is 24.9 Å². The summed E-state index contributed by atoms with van der Waals surface area (Å²) < 4.78 is 0. The van der Waals surface area contributed by atoms with E-state index >= 15 is 0 Å². The number of allylic oxidation sites excluding steroid dienone is 9. The fourth-order valence-corrected chi connectivity index (χ4v) is 2.17. The van der Waals surface area contributed by atoms with Crippen molar-refractivity contribution < 1.29 is 0 Å². The van der Waals surface area contributed by atoms with Crippen LogP contribution in [0.4, 0.5) is 5.13 Å². The van der Waals surface area contributed by atoms with Gasteiger partial charge < -0.3 is 5.32 Å². The van der Waals surface area contributed by atoms with Crippen LogP contribution in [0.25, 0.3) is 5.57 Å². The molecule has 3 heteroatoms. The van der Waals surface area contributed by atoms with Crippen molar-refractivity contribution in [2.75, 3.05) is 5.32 Å². The van der Waals surface area contributed by atoms with Gasteiger partial charge >= 0.3 is 0 Å². The van der Waals surface area contributed by atoms with Crippen LogP contribution in [-0.2, 0) is 0 Å². The highest BCUT2D eigenvalue weighted by Gasteiger charge is 2.04. The van der Waals surface area contributed by atoms with Gasteiger partial charge in [0.15, 0.2) is 5.13 Å². The second kappa shape index (κ2) is 17.2. The van der Waals surface area contributed by atoms with Crippen molar-refractivity contribution in [1.29, 1.82) is 0 Å². The number of nitrogens with one attached hydrogen (secondary N) is 1. The van der Waals surface area contributed by atoms with Crippen LogP contribution < -0.4 is 5.32 Å². The third kappa shape index (κ3) is 9.80. The molecule has 0 bridgehead atoms. The smallest absolute Gasteiger partial charge is 0.187 e. The zero-order valence-electron chi connectivity index (χ0n) is 16.0. The highest BCUT2D eigenvalue weighted by atomic mass is 32.1. The second-order valence-corrected chi connectivity index (χ2v) is 4.71. The molecule has 0 atom stereocenters. The van der Waals surface area contributed by atoms with Crippen molar-refractivity contribution in [1.82, 2.24) is 4.98 Å². The Morgan fingerprint density at radius 1 is 1.12 bits per heavy atom. The Labute approximate surface area is 152 Å². The fourth-order valence-electron chi connectivity index (χ4n) is 1.43. The molecule has 0 fully saturated rings.